The third-order valence-corrected chi connectivity index (χ3v) is 2.81. The Labute approximate surface area is 98.3 Å². The molecule has 0 fully saturated rings. The molecular weight excluding hydrogens is 256 g/mol. The number of amidine groups is 1. The number of ether oxygens (including phenoxy) is 1. The second-order valence-electron chi connectivity index (χ2n) is 3.36. The van der Waals surface area contributed by atoms with E-state index in [4.69, 9.17) is 15.9 Å². The Hall–Kier alpha value is -1.03. The molecule has 0 aromatic heterocycles. The lowest BCUT2D eigenvalue weighted by Crippen LogP contribution is -2.17. The van der Waals surface area contributed by atoms with Gasteiger partial charge in [-0.2, -0.15) is 0 Å². The van der Waals surface area contributed by atoms with E-state index < -0.39 is 0 Å². The zero-order chi connectivity index (χ0) is 11.4. The van der Waals surface area contributed by atoms with Gasteiger partial charge in [-0.25, -0.2) is 0 Å². The number of hydrogen-bond donors (Lipinski definition) is 2. The van der Waals surface area contributed by atoms with Crippen LogP contribution in [-0.2, 0) is 0 Å². The first-order chi connectivity index (χ1) is 7.06. The van der Waals surface area contributed by atoms with Crippen LogP contribution in [0.1, 0.15) is 25.8 Å². The molecule has 82 valence electrons. The van der Waals surface area contributed by atoms with Crippen LogP contribution in [0.3, 0.4) is 0 Å². The van der Waals surface area contributed by atoms with Gasteiger partial charge in [0.05, 0.1) is 11.7 Å². The maximum absolute atomic E-state index is 7.49. The quantitative estimate of drug-likeness (QED) is 0.653. The van der Waals surface area contributed by atoms with Gasteiger partial charge in [-0.05, 0) is 41.4 Å². The van der Waals surface area contributed by atoms with Crippen molar-refractivity contribution >= 4 is 21.8 Å². The van der Waals surface area contributed by atoms with Crippen LogP contribution in [-0.4, -0.2) is 11.9 Å². The van der Waals surface area contributed by atoms with E-state index in [1.165, 1.54) is 0 Å². The van der Waals surface area contributed by atoms with E-state index in [2.05, 4.69) is 22.9 Å². The minimum atomic E-state index is 0.0146. The third kappa shape index (κ3) is 2.96. The highest BCUT2D eigenvalue weighted by molar-refractivity contribution is 9.10. The molecule has 0 aliphatic heterocycles. The topological polar surface area (TPSA) is 59.1 Å². The van der Waals surface area contributed by atoms with E-state index in [1.54, 1.807) is 0 Å². The highest BCUT2D eigenvalue weighted by atomic mass is 79.9. The first kappa shape index (κ1) is 12.0. The van der Waals surface area contributed by atoms with Gasteiger partial charge in [0.25, 0.3) is 0 Å². The summed E-state index contributed by atoms with van der Waals surface area (Å²) in [4.78, 5) is 0. The van der Waals surface area contributed by atoms with Crippen molar-refractivity contribution in [1.29, 1.82) is 5.41 Å². The van der Waals surface area contributed by atoms with Crippen molar-refractivity contribution in [2.45, 2.75) is 26.4 Å². The van der Waals surface area contributed by atoms with Crippen LogP contribution in [0.4, 0.5) is 0 Å². The molecule has 0 aliphatic carbocycles. The second-order valence-corrected chi connectivity index (χ2v) is 4.22. The summed E-state index contributed by atoms with van der Waals surface area (Å²) in [5.74, 6) is 0.673. The largest absolute Gasteiger partial charge is 0.490 e. The second kappa shape index (κ2) is 5.16. The van der Waals surface area contributed by atoms with Crippen LogP contribution < -0.4 is 10.5 Å². The fourth-order valence-corrected chi connectivity index (χ4v) is 1.73. The summed E-state index contributed by atoms with van der Waals surface area (Å²) < 4.78 is 6.47. The highest BCUT2D eigenvalue weighted by Crippen LogP contribution is 2.27. The fraction of sp³-hybridized carbons (Fsp3) is 0.364. The Morgan fingerprint density at radius 2 is 2.27 bits per heavy atom. The van der Waals surface area contributed by atoms with Crippen LogP contribution >= 0.6 is 15.9 Å². The van der Waals surface area contributed by atoms with Gasteiger partial charge in [0.15, 0.2) is 0 Å². The number of halogens is 1. The molecule has 0 radical (unpaired) electrons. The Balaban J connectivity index is 3.06. The number of rotatable bonds is 4. The Kier molecular flexibility index (Phi) is 4.15. The summed E-state index contributed by atoms with van der Waals surface area (Å²) in [7, 11) is 0. The molecule has 1 aromatic rings. The Morgan fingerprint density at radius 3 is 2.80 bits per heavy atom. The van der Waals surface area contributed by atoms with Gasteiger partial charge < -0.3 is 10.5 Å². The van der Waals surface area contributed by atoms with E-state index in [-0.39, 0.29) is 11.9 Å². The molecule has 0 bridgehead atoms. The zero-order valence-electron chi connectivity index (χ0n) is 8.88. The van der Waals surface area contributed by atoms with Gasteiger partial charge in [0.1, 0.15) is 11.6 Å². The van der Waals surface area contributed by atoms with Crippen molar-refractivity contribution in [2.24, 2.45) is 5.73 Å². The van der Waals surface area contributed by atoms with E-state index in [0.717, 1.165) is 10.9 Å². The number of benzene rings is 1. The molecule has 4 heteroatoms. The van der Waals surface area contributed by atoms with Crippen molar-refractivity contribution in [3.63, 3.8) is 0 Å². The first-order valence-corrected chi connectivity index (χ1v) is 5.65. The number of hydrogen-bond acceptors (Lipinski definition) is 2. The molecule has 0 saturated heterocycles. The van der Waals surface area contributed by atoms with Crippen molar-refractivity contribution < 1.29 is 4.74 Å². The summed E-state index contributed by atoms with van der Waals surface area (Å²) in [6.07, 6.45) is 1.04. The van der Waals surface area contributed by atoms with Crippen molar-refractivity contribution in [3.8, 4) is 5.75 Å². The van der Waals surface area contributed by atoms with Gasteiger partial charge >= 0.3 is 0 Å². The molecule has 0 heterocycles. The van der Waals surface area contributed by atoms with Gasteiger partial charge in [-0.1, -0.05) is 13.0 Å². The minimum absolute atomic E-state index is 0.0146. The molecule has 1 rings (SSSR count). The molecule has 0 saturated carbocycles. The summed E-state index contributed by atoms with van der Waals surface area (Å²) in [5.41, 5.74) is 6.13. The normalized spacial score (nSPS) is 12.2. The fourth-order valence-electron chi connectivity index (χ4n) is 1.16. The van der Waals surface area contributed by atoms with Crippen molar-refractivity contribution in [1.82, 2.24) is 0 Å². The lowest BCUT2D eigenvalue weighted by molar-refractivity contribution is 0.217. The van der Waals surface area contributed by atoms with E-state index in [9.17, 15) is 0 Å². The number of nitrogen functional groups attached to an aromatic ring is 1. The summed E-state index contributed by atoms with van der Waals surface area (Å²) in [6.45, 7) is 4.04. The van der Waals surface area contributed by atoms with Crippen LogP contribution in [0, 0.1) is 5.41 Å². The molecular formula is C11H15BrN2O. The Bertz CT molecular complexity index is 366. The molecule has 0 amide bonds. The van der Waals surface area contributed by atoms with E-state index in [1.807, 2.05) is 25.1 Å². The van der Waals surface area contributed by atoms with Crippen LogP contribution in [0.15, 0.2) is 22.7 Å². The minimum Gasteiger partial charge on any atom is -0.490 e. The van der Waals surface area contributed by atoms with Crippen LogP contribution in [0.25, 0.3) is 0 Å². The summed E-state index contributed by atoms with van der Waals surface area (Å²) >= 11 is 3.36. The predicted octanol–water partition coefficient (Wildman–Crippen LogP) is 2.91. The third-order valence-electron chi connectivity index (χ3n) is 2.15. The number of nitrogens with two attached hydrogens (primary N) is 1. The SMILES string of the molecule is CCC(C)Oc1cccc(Br)c1C(=N)N. The molecule has 1 aromatic carbocycles. The van der Waals surface area contributed by atoms with E-state index >= 15 is 0 Å². The summed E-state index contributed by atoms with van der Waals surface area (Å²) in [5, 5.41) is 7.49. The highest BCUT2D eigenvalue weighted by Gasteiger charge is 2.12. The zero-order valence-corrected chi connectivity index (χ0v) is 10.5. The average molecular weight is 271 g/mol. The van der Waals surface area contributed by atoms with Gasteiger partial charge in [-0.15, -0.1) is 0 Å². The molecule has 0 aliphatic rings. The molecule has 3 nitrogen and oxygen atoms in total. The first-order valence-electron chi connectivity index (χ1n) is 4.85. The van der Waals surface area contributed by atoms with Gasteiger partial charge in [0.2, 0.25) is 0 Å². The van der Waals surface area contributed by atoms with Crippen LogP contribution in [0.5, 0.6) is 5.75 Å². The molecule has 1 unspecified atom stereocenters. The lowest BCUT2D eigenvalue weighted by Gasteiger charge is -2.16. The van der Waals surface area contributed by atoms with E-state index in [0.29, 0.717) is 11.3 Å². The van der Waals surface area contributed by atoms with Crippen LogP contribution in [0.2, 0.25) is 0 Å². The van der Waals surface area contributed by atoms with Crippen molar-refractivity contribution in [2.75, 3.05) is 0 Å². The molecule has 1 atom stereocenters. The smallest absolute Gasteiger partial charge is 0.131 e. The van der Waals surface area contributed by atoms with Crippen molar-refractivity contribution in [3.05, 3.63) is 28.2 Å². The summed E-state index contributed by atoms with van der Waals surface area (Å²) in [6, 6.07) is 5.54. The molecule has 15 heavy (non-hydrogen) atoms. The average Bonchev–Trinajstić information content (AvgIpc) is 2.17. The van der Waals surface area contributed by atoms with Gasteiger partial charge in [0, 0.05) is 4.47 Å². The lowest BCUT2D eigenvalue weighted by atomic mass is 10.2. The predicted molar refractivity (Wildman–Crippen MR) is 65.5 cm³/mol. The monoisotopic (exact) mass is 270 g/mol. The molecule has 0 spiro atoms. The number of nitrogens with one attached hydrogen (secondary N) is 1. The standard InChI is InChI=1S/C11H15BrN2O/c1-3-7(2)15-9-6-4-5-8(12)10(9)11(13)14/h4-7H,3H2,1-2H3,(H3,13,14). The van der Waals surface area contributed by atoms with Gasteiger partial charge in [-0.3, -0.25) is 5.41 Å². The molecule has 3 N–H and O–H groups in total. The maximum Gasteiger partial charge on any atom is 0.131 e. The maximum atomic E-state index is 7.49. The Morgan fingerprint density at radius 1 is 1.60 bits per heavy atom.